The van der Waals surface area contributed by atoms with Crippen molar-refractivity contribution in [3.63, 3.8) is 0 Å². The number of ether oxygens (including phenoxy) is 1. The molecule has 1 unspecified atom stereocenters. The van der Waals surface area contributed by atoms with Crippen LogP contribution in [0.2, 0.25) is 0 Å². The van der Waals surface area contributed by atoms with E-state index in [4.69, 9.17) is 4.74 Å². The fraction of sp³-hybridized carbons (Fsp3) is 0.769. The maximum absolute atomic E-state index is 5.11. The zero-order valence-electron chi connectivity index (χ0n) is 11.9. The monoisotopic (exact) mass is 271 g/mol. The Bertz CT molecular complexity index is 326. The Labute approximate surface area is 114 Å². The third-order valence-electron chi connectivity index (χ3n) is 2.82. The van der Waals surface area contributed by atoms with Gasteiger partial charge in [-0.3, -0.25) is 0 Å². The van der Waals surface area contributed by atoms with E-state index in [-0.39, 0.29) is 0 Å². The largest absolute Gasteiger partial charge is 0.384 e. The highest BCUT2D eigenvalue weighted by Gasteiger charge is 2.07. The van der Waals surface area contributed by atoms with Gasteiger partial charge in [0.25, 0.3) is 0 Å². The van der Waals surface area contributed by atoms with E-state index in [1.165, 1.54) is 4.88 Å². The van der Waals surface area contributed by atoms with Gasteiger partial charge in [0.15, 0.2) is 5.13 Å². The summed E-state index contributed by atoms with van der Waals surface area (Å²) in [6.07, 6.45) is 1.98. The van der Waals surface area contributed by atoms with Crippen molar-refractivity contribution in [2.45, 2.75) is 27.3 Å². The molecule has 0 aliphatic rings. The van der Waals surface area contributed by atoms with Gasteiger partial charge in [-0.1, -0.05) is 6.92 Å². The Morgan fingerprint density at radius 3 is 2.78 bits per heavy atom. The number of hydrogen-bond acceptors (Lipinski definition) is 5. The molecule has 4 nitrogen and oxygen atoms in total. The van der Waals surface area contributed by atoms with Crippen molar-refractivity contribution in [1.29, 1.82) is 0 Å². The van der Waals surface area contributed by atoms with Gasteiger partial charge in [0, 0.05) is 51.0 Å². The fourth-order valence-electron chi connectivity index (χ4n) is 1.80. The Balaban J connectivity index is 2.35. The van der Waals surface area contributed by atoms with Gasteiger partial charge in [-0.2, -0.15) is 0 Å². The lowest BCUT2D eigenvalue weighted by molar-refractivity contribution is 0.158. The van der Waals surface area contributed by atoms with Crippen molar-refractivity contribution in [1.82, 2.24) is 10.3 Å². The Morgan fingerprint density at radius 1 is 1.44 bits per heavy atom. The number of anilines is 1. The summed E-state index contributed by atoms with van der Waals surface area (Å²) in [5, 5.41) is 4.57. The van der Waals surface area contributed by atoms with Crippen LogP contribution in [0.25, 0.3) is 0 Å². The molecular formula is C13H25N3OS. The highest BCUT2D eigenvalue weighted by atomic mass is 32.1. The van der Waals surface area contributed by atoms with Crippen LogP contribution in [0, 0.1) is 5.92 Å². The molecule has 1 N–H and O–H groups in total. The molecule has 0 spiro atoms. The van der Waals surface area contributed by atoms with Crippen molar-refractivity contribution in [3.8, 4) is 0 Å². The first-order valence-electron chi connectivity index (χ1n) is 6.60. The molecule has 0 fully saturated rings. The number of thiazole rings is 1. The molecule has 0 aliphatic heterocycles. The van der Waals surface area contributed by atoms with Gasteiger partial charge in [0.1, 0.15) is 0 Å². The first kappa shape index (κ1) is 15.4. The molecule has 0 saturated heterocycles. The molecule has 1 rings (SSSR count). The quantitative estimate of drug-likeness (QED) is 0.748. The second-order valence-electron chi connectivity index (χ2n) is 4.47. The number of methoxy groups -OCH3 is 1. The molecule has 1 atom stereocenters. The second-order valence-corrected chi connectivity index (χ2v) is 5.57. The molecule has 104 valence electrons. The van der Waals surface area contributed by atoms with Gasteiger partial charge in [-0.15, -0.1) is 11.3 Å². The number of aromatic nitrogens is 1. The normalized spacial score (nSPS) is 12.7. The van der Waals surface area contributed by atoms with Crippen LogP contribution in [0.1, 0.15) is 25.6 Å². The van der Waals surface area contributed by atoms with E-state index < -0.39 is 0 Å². The molecule has 0 bridgehead atoms. The van der Waals surface area contributed by atoms with Crippen LogP contribution in [0.4, 0.5) is 5.13 Å². The highest BCUT2D eigenvalue weighted by Crippen LogP contribution is 2.21. The fourth-order valence-corrected chi connectivity index (χ4v) is 2.81. The lowest BCUT2D eigenvalue weighted by Gasteiger charge is -2.16. The number of hydrogen-bond donors (Lipinski definition) is 1. The summed E-state index contributed by atoms with van der Waals surface area (Å²) in [6, 6.07) is 0. The van der Waals surface area contributed by atoms with Crippen LogP contribution in [0.5, 0.6) is 0 Å². The predicted octanol–water partition coefficient (Wildman–Crippen LogP) is 2.36. The molecule has 0 saturated carbocycles. The van der Waals surface area contributed by atoms with Gasteiger partial charge in [-0.25, -0.2) is 4.98 Å². The van der Waals surface area contributed by atoms with E-state index in [1.807, 2.05) is 6.20 Å². The van der Waals surface area contributed by atoms with Gasteiger partial charge in [0.2, 0.25) is 0 Å². The van der Waals surface area contributed by atoms with E-state index in [9.17, 15) is 0 Å². The van der Waals surface area contributed by atoms with E-state index in [0.717, 1.165) is 37.9 Å². The maximum atomic E-state index is 5.11. The molecule has 0 aliphatic carbocycles. The predicted molar refractivity (Wildman–Crippen MR) is 78.4 cm³/mol. The van der Waals surface area contributed by atoms with Crippen LogP contribution in [0.15, 0.2) is 6.20 Å². The van der Waals surface area contributed by atoms with Crippen LogP contribution in [0.3, 0.4) is 0 Å². The minimum atomic E-state index is 0.546. The maximum Gasteiger partial charge on any atom is 0.185 e. The summed E-state index contributed by atoms with van der Waals surface area (Å²) in [5.41, 5.74) is 0. The van der Waals surface area contributed by atoms with Crippen LogP contribution >= 0.6 is 11.3 Å². The number of nitrogens with one attached hydrogen (secondary N) is 1. The lowest BCUT2D eigenvalue weighted by Crippen LogP contribution is -2.23. The zero-order valence-corrected chi connectivity index (χ0v) is 12.7. The summed E-state index contributed by atoms with van der Waals surface area (Å²) in [4.78, 5) is 8.04. The lowest BCUT2D eigenvalue weighted by atomic mass is 10.2. The summed E-state index contributed by atoms with van der Waals surface area (Å²) in [5.74, 6) is 0.546. The van der Waals surface area contributed by atoms with Crippen molar-refractivity contribution >= 4 is 16.5 Å². The summed E-state index contributed by atoms with van der Waals surface area (Å²) in [6.45, 7) is 11.2. The smallest absolute Gasteiger partial charge is 0.185 e. The summed E-state index contributed by atoms with van der Waals surface area (Å²) in [7, 11) is 1.75. The molecule has 0 amide bonds. The minimum absolute atomic E-state index is 0.546. The SMILES string of the molecule is CCN(CC)c1ncc(CNCC(C)COC)s1. The minimum Gasteiger partial charge on any atom is -0.384 e. The van der Waals surface area contributed by atoms with Crippen molar-refractivity contribution in [2.75, 3.05) is 38.3 Å². The molecule has 5 heteroatoms. The van der Waals surface area contributed by atoms with Gasteiger partial charge in [-0.05, 0) is 19.8 Å². The standard InChI is InChI=1S/C13H25N3OS/c1-5-16(6-2)13-15-9-12(18-13)8-14-7-11(3)10-17-4/h9,11,14H,5-8,10H2,1-4H3. The van der Waals surface area contributed by atoms with Crippen molar-refractivity contribution in [3.05, 3.63) is 11.1 Å². The third-order valence-corrected chi connectivity index (χ3v) is 3.88. The Kier molecular flexibility index (Phi) is 7.23. The number of nitrogens with zero attached hydrogens (tertiary/aromatic N) is 2. The first-order valence-corrected chi connectivity index (χ1v) is 7.42. The second kappa shape index (κ2) is 8.45. The topological polar surface area (TPSA) is 37.4 Å². The summed E-state index contributed by atoms with van der Waals surface area (Å²) < 4.78 is 5.11. The van der Waals surface area contributed by atoms with Crippen LogP contribution in [-0.2, 0) is 11.3 Å². The average Bonchev–Trinajstić information content (AvgIpc) is 2.80. The van der Waals surface area contributed by atoms with Crippen molar-refractivity contribution in [2.24, 2.45) is 5.92 Å². The molecule has 1 aromatic heterocycles. The van der Waals surface area contributed by atoms with Gasteiger partial charge in [0.05, 0.1) is 0 Å². The van der Waals surface area contributed by atoms with Crippen molar-refractivity contribution < 1.29 is 4.74 Å². The first-order chi connectivity index (χ1) is 8.71. The molecule has 1 aromatic rings. The van der Waals surface area contributed by atoms with E-state index >= 15 is 0 Å². The van der Waals surface area contributed by atoms with Crippen LogP contribution < -0.4 is 10.2 Å². The molecular weight excluding hydrogens is 246 g/mol. The average molecular weight is 271 g/mol. The molecule has 0 aromatic carbocycles. The van der Waals surface area contributed by atoms with Gasteiger partial charge < -0.3 is 15.0 Å². The van der Waals surface area contributed by atoms with Gasteiger partial charge >= 0.3 is 0 Å². The molecule has 0 radical (unpaired) electrons. The van der Waals surface area contributed by atoms with E-state index in [2.05, 4.69) is 36.0 Å². The zero-order chi connectivity index (χ0) is 13.4. The summed E-state index contributed by atoms with van der Waals surface area (Å²) >= 11 is 1.78. The highest BCUT2D eigenvalue weighted by molar-refractivity contribution is 7.15. The third kappa shape index (κ3) is 4.92. The van der Waals surface area contributed by atoms with Crippen LogP contribution in [-0.4, -0.2) is 38.3 Å². The Morgan fingerprint density at radius 2 is 2.17 bits per heavy atom. The number of rotatable bonds is 9. The Hall–Kier alpha value is -0.650. The van der Waals surface area contributed by atoms with E-state index in [0.29, 0.717) is 5.92 Å². The molecule has 1 heterocycles. The van der Waals surface area contributed by atoms with E-state index in [1.54, 1.807) is 18.4 Å². The molecule has 18 heavy (non-hydrogen) atoms.